The number of carbonyl (C=O) groups is 3. The maximum Gasteiger partial charge on any atom is 0.408 e. The van der Waals surface area contributed by atoms with Crippen molar-refractivity contribution in [3.8, 4) is 5.75 Å². The van der Waals surface area contributed by atoms with Gasteiger partial charge in [0, 0.05) is 35.0 Å². The van der Waals surface area contributed by atoms with Gasteiger partial charge in [0.25, 0.3) is 0 Å². The largest absolute Gasteiger partial charge is 0.493 e. The van der Waals surface area contributed by atoms with Gasteiger partial charge in [0.15, 0.2) is 0 Å². The van der Waals surface area contributed by atoms with Gasteiger partial charge in [-0.05, 0) is 75.8 Å². The molecule has 9 nitrogen and oxygen atoms in total. The van der Waals surface area contributed by atoms with E-state index in [9.17, 15) is 14.4 Å². The number of H-pyrrole nitrogens is 1. The van der Waals surface area contributed by atoms with Crippen molar-refractivity contribution < 1.29 is 33.3 Å². The fourth-order valence-electron chi connectivity index (χ4n) is 7.20. The number of alkyl carbamates (subject to hydrolysis) is 1. The summed E-state index contributed by atoms with van der Waals surface area (Å²) in [6, 6.07) is 22.6. The molecule has 2 heterocycles. The molecule has 2 aliphatic rings. The Kier molecular flexibility index (Phi) is 9.99. The number of para-hydroxylation sites is 1. The molecule has 6 rings (SSSR count). The lowest BCUT2D eigenvalue weighted by atomic mass is 9.77. The number of benzene rings is 3. The zero-order chi connectivity index (χ0) is 34.6. The number of amides is 1. The van der Waals surface area contributed by atoms with E-state index in [1.54, 1.807) is 20.8 Å². The van der Waals surface area contributed by atoms with Crippen LogP contribution in [0.15, 0.2) is 79.0 Å². The second-order valence-electron chi connectivity index (χ2n) is 14.1. The number of carbonyl (C=O) groups excluding carboxylic acids is 3. The summed E-state index contributed by atoms with van der Waals surface area (Å²) in [5.41, 5.74) is 3.00. The second kappa shape index (κ2) is 14.4. The van der Waals surface area contributed by atoms with Gasteiger partial charge in [-0.25, -0.2) is 9.59 Å². The molecule has 0 unspecified atom stereocenters. The van der Waals surface area contributed by atoms with Crippen LogP contribution in [-0.4, -0.2) is 47.9 Å². The Morgan fingerprint density at radius 1 is 1.00 bits per heavy atom. The van der Waals surface area contributed by atoms with Crippen LogP contribution in [0.4, 0.5) is 4.79 Å². The monoisotopic (exact) mass is 666 g/mol. The molecule has 1 aliphatic heterocycles. The number of aromatic amines is 1. The number of hydrogen-bond acceptors (Lipinski definition) is 7. The summed E-state index contributed by atoms with van der Waals surface area (Å²) in [7, 11) is 0. The topological polar surface area (TPSA) is 116 Å². The van der Waals surface area contributed by atoms with Gasteiger partial charge in [0.05, 0.1) is 18.6 Å². The minimum atomic E-state index is -1.03. The molecule has 1 amide bonds. The van der Waals surface area contributed by atoms with Gasteiger partial charge in [-0.3, -0.25) is 4.79 Å². The van der Waals surface area contributed by atoms with Crippen LogP contribution in [0.1, 0.15) is 81.7 Å². The molecule has 0 bridgehead atoms. The van der Waals surface area contributed by atoms with E-state index in [2.05, 4.69) is 10.3 Å². The van der Waals surface area contributed by atoms with E-state index in [1.807, 2.05) is 85.9 Å². The highest BCUT2D eigenvalue weighted by Crippen LogP contribution is 2.47. The lowest BCUT2D eigenvalue weighted by Crippen LogP contribution is -2.46. The average Bonchev–Trinajstić information content (AvgIpc) is 3.74. The molecule has 2 N–H and O–H groups in total. The van der Waals surface area contributed by atoms with E-state index in [0.29, 0.717) is 38.2 Å². The number of fused-ring (bicyclic) bond motifs is 2. The van der Waals surface area contributed by atoms with Gasteiger partial charge < -0.3 is 29.2 Å². The number of rotatable bonds is 10. The standard InChI is InChI=1S/C40H46N2O7/c1-5-46-37(44)40(19-11-12-20-40)29-17-18-31-34(23-29)47-25-28(21-26-13-7-6-8-14-26)35(31)48-36(43)33(42-38(45)49-39(2,3)4)22-27-24-41-32-16-10-9-15-30(27)32/h6-10,13-18,23-24,28,33,35,41H,5,11-12,19-22,25H2,1-4H3,(H,42,45)/t28-,33+,35+/m0/s1. The third-order valence-corrected chi connectivity index (χ3v) is 9.54. The lowest BCUT2D eigenvalue weighted by Gasteiger charge is -2.35. The summed E-state index contributed by atoms with van der Waals surface area (Å²) in [5.74, 6) is -0.398. The molecule has 0 radical (unpaired) electrons. The summed E-state index contributed by atoms with van der Waals surface area (Å²) in [6.07, 6.45) is 4.61. The van der Waals surface area contributed by atoms with E-state index in [1.165, 1.54) is 0 Å². The fraction of sp³-hybridized carbons (Fsp3) is 0.425. The number of hydrogen-bond donors (Lipinski definition) is 2. The van der Waals surface area contributed by atoms with Crippen LogP contribution in [-0.2, 0) is 42.1 Å². The lowest BCUT2D eigenvalue weighted by molar-refractivity contribution is -0.156. The second-order valence-corrected chi connectivity index (χ2v) is 14.1. The van der Waals surface area contributed by atoms with Crippen LogP contribution < -0.4 is 10.1 Å². The summed E-state index contributed by atoms with van der Waals surface area (Å²) >= 11 is 0. The molecule has 0 spiro atoms. The zero-order valence-corrected chi connectivity index (χ0v) is 28.8. The number of aromatic nitrogens is 1. The first-order valence-corrected chi connectivity index (χ1v) is 17.3. The quantitative estimate of drug-likeness (QED) is 0.133. The van der Waals surface area contributed by atoms with Gasteiger partial charge in [0.2, 0.25) is 0 Å². The molecular weight excluding hydrogens is 620 g/mol. The van der Waals surface area contributed by atoms with Gasteiger partial charge in [-0.15, -0.1) is 0 Å². The molecule has 9 heteroatoms. The number of nitrogens with one attached hydrogen (secondary N) is 2. The predicted octanol–water partition coefficient (Wildman–Crippen LogP) is 7.51. The Morgan fingerprint density at radius 3 is 2.47 bits per heavy atom. The van der Waals surface area contributed by atoms with Crippen LogP contribution in [0, 0.1) is 5.92 Å². The van der Waals surface area contributed by atoms with E-state index < -0.39 is 35.2 Å². The van der Waals surface area contributed by atoms with Crippen molar-refractivity contribution in [2.45, 2.75) is 89.4 Å². The zero-order valence-electron chi connectivity index (χ0n) is 28.8. The van der Waals surface area contributed by atoms with Crippen molar-refractivity contribution in [3.05, 3.63) is 101 Å². The third kappa shape index (κ3) is 7.61. The Balaban J connectivity index is 1.33. The molecule has 1 saturated carbocycles. The van der Waals surface area contributed by atoms with Crippen LogP contribution in [0.5, 0.6) is 5.75 Å². The van der Waals surface area contributed by atoms with Crippen molar-refractivity contribution in [1.82, 2.24) is 10.3 Å². The minimum Gasteiger partial charge on any atom is -0.493 e. The van der Waals surface area contributed by atoms with Crippen molar-refractivity contribution in [1.29, 1.82) is 0 Å². The Morgan fingerprint density at radius 2 is 1.73 bits per heavy atom. The van der Waals surface area contributed by atoms with Crippen LogP contribution in [0.25, 0.3) is 10.9 Å². The number of ether oxygens (including phenoxy) is 4. The van der Waals surface area contributed by atoms with E-state index in [4.69, 9.17) is 18.9 Å². The Hall–Kier alpha value is -4.79. The summed E-state index contributed by atoms with van der Waals surface area (Å²) in [5, 5.41) is 3.76. The normalized spacial score (nSPS) is 18.9. The predicted molar refractivity (Wildman–Crippen MR) is 186 cm³/mol. The molecule has 1 aromatic heterocycles. The molecule has 3 atom stereocenters. The highest BCUT2D eigenvalue weighted by Gasteiger charge is 2.45. The summed E-state index contributed by atoms with van der Waals surface area (Å²) in [4.78, 5) is 43.9. The maximum absolute atomic E-state index is 14.3. The van der Waals surface area contributed by atoms with E-state index in [0.717, 1.165) is 46.0 Å². The smallest absolute Gasteiger partial charge is 0.408 e. The Bertz CT molecular complexity index is 1790. The van der Waals surface area contributed by atoms with Gasteiger partial charge in [-0.1, -0.05) is 73.5 Å². The van der Waals surface area contributed by atoms with Crippen molar-refractivity contribution >= 4 is 28.9 Å². The highest BCUT2D eigenvalue weighted by atomic mass is 16.6. The van der Waals surface area contributed by atoms with Gasteiger partial charge >= 0.3 is 18.0 Å². The fourth-order valence-corrected chi connectivity index (χ4v) is 7.20. The van der Waals surface area contributed by atoms with Crippen LogP contribution in [0.2, 0.25) is 0 Å². The van der Waals surface area contributed by atoms with Crippen LogP contribution in [0.3, 0.4) is 0 Å². The SMILES string of the molecule is CCOC(=O)C1(c2ccc3c(c2)OC[C@H](Cc2ccccc2)[C@H]3OC(=O)[C@@H](Cc2c[nH]c3ccccc23)NC(=O)OC(C)(C)C)CCCC1. The minimum absolute atomic E-state index is 0.197. The highest BCUT2D eigenvalue weighted by molar-refractivity contribution is 5.86. The third-order valence-electron chi connectivity index (χ3n) is 9.54. The van der Waals surface area contributed by atoms with E-state index in [-0.39, 0.29) is 18.3 Å². The van der Waals surface area contributed by atoms with E-state index >= 15 is 0 Å². The van der Waals surface area contributed by atoms with Crippen molar-refractivity contribution in [2.24, 2.45) is 5.92 Å². The van der Waals surface area contributed by atoms with Crippen molar-refractivity contribution in [2.75, 3.05) is 13.2 Å². The molecular formula is C40H46N2O7. The average molecular weight is 667 g/mol. The first kappa shape index (κ1) is 34.1. The first-order valence-electron chi connectivity index (χ1n) is 17.3. The van der Waals surface area contributed by atoms with Crippen LogP contribution >= 0.6 is 0 Å². The van der Waals surface area contributed by atoms with Gasteiger partial charge in [-0.2, -0.15) is 0 Å². The molecule has 1 fully saturated rings. The number of esters is 2. The molecule has 0 saturated heterocycles. The summed E-state index contributed by atoms with van der Waals surface area (Å²) in [6.45, 7) is 7.78. The Labute approximate surface area is 287 Å². The molecule has 49 heavy (non-hydrogen) atoms. The maximum atomic E-state index is 14.3. The molecule has 1 aliphatic carbocycles. The molecule has 4 aromatic rings. The molecule has 258 valence electrons. The molecule has 3 aromatic carbocycles. The first-order chi connectivity index (χ1) is 23.6. The van der Waals surface area contributed by atoms with Crippen molar-refractivity contribution in [3.63, 3.8) is 0 Å². The van der Waals surface area contributed by atoms with Gasteiger partial charge in [0.1, 0.15) is 23.5 Å². The summed E-state index contributed by atoms with van der Waals surface area (Å²) < 4.78 is 23.9.